The molecule has 0 aliphatic carbocycles. The summed E-state index contributed by atoms with van der Waals surface area (Å²) in [6.07, 6.45) is 1.48. The second-order valence-corrected chi connectivity index (χ2v) is 4.43. The first-order valence-corrected chi connectivity index (χ1v) is 5.99. The van der Waals surface area contributed by atoms with E-state index in [0.29, 0.717) is 17.4 Å². The van der Waals surface area contributed by atoms with E-state index < -0.39 is 0 Å². The molecule has 90 valence electrons. The summed E-state index contributed by atoms with van der Waals surface area (Å²) in [6, 6.07) is 7.76. The van der Waals surface area contributed by atoms with Crippen LogP contribution >= 0.6 is 11.6 Å². The van der Waals surface area contributed by atoms with E-state index in [-0.39, 0.29) is 12.0 Å². The van der Waals surface area contributed by atoms with Crippen molar-refractivity contribution in [2.75, 3.05) is 13.7 Å². The third kappa shape index (κ3) is 2.38. The number of nitrogens with zero attached hydrogens (tertiary/aromatic N) is 1. The number of ether oxygens (including phenoxy) is 2. The predicted octanol–water partition coefficient (Wildman–Crippen LogP) is 3.34. The molecule has 1 saturated heterocycles. The molecule has 0 aromatic heterocycles. The maximum Gasteiger partial charge on any atom is 0.126 e. The van der Waals surface area contributed by atoms with Crippen LogP contribution in [0.25, 0.3) is 0 Å². The Morgan fingerprint density at radius 1 is 1.53 bits per heavy atom. The minimum Gasteiger partial charge on any atom is -0.496 e. The van der Waals surface area contributed by atoms with Crippen LogP contribution in [0.2, 0.25) is 5.02 Å². The molecule has 1 aromatic rings. The summed E-state index contributed by atoms with van der Waals surface area (Å²) in [5.41, 5.74) is 0.794. The van der Waals surface area contributed by atoms with Crippen molar-refractivity contribution in [1.29, 1.82) is 5.26 Å². The molecule has 1 aliphatic rings. The van der Waals surface area contributed by atoms with Crippen molar-refractivity contribution in [3.63, 3.8) is 0 Å². The van der Waals surface area contributed by atoms with Crippen LogP contribution in [-0.4, -0.2) is 13.7 Å². The number of hydrogen-bond donors (Lipinski definition) is 0. The Hall–Kier alpha value is -1.24. The first kappa shape index (κ1) is 12.2. The highest BCUT2D eigenvalue weighted by Crippen LogP contribution is 2.41. The molecule has 4 heteroatoms. The molecule has 1 aliphatic heterocycles. The van der Waals surface area contributed by atoms with E-state index in [4.69, 9.17) is 26.3 Å². The van der Waals surface area contributed by atoms with Gasteiger partial charge in [-0.15, -0.1) is 0 Å². The fourth-order valence-corrected chi connectivity index (χ4v) is 2.44. The minimum absolute atomic E-state index is 0.155. The zero-order valence-corrected chi connectivity index (χ0v) is 10.4. The molecule has 2 unspecified atom stereocenters. The third-order valence-corrected chi connectivity index (χ3v) is 3.34. The highest BCUT2D eigenvalue weighted by Gasteiger charge is 2.31. The van der Waals surface area contributed by atoms with Gasteiger partial charge < -0.3 is 9.47 Å². The third-order valence-electron chi connectivity index (χ3n) is 3.01. The SMILES string of the molecule is COc1cccc(Cl)c1C1OCCCC1C#N. The quantitative estimate of drug-likeness (QED) is 0.810. The first-order valence-electron chi connectivity index (χ1n) is 5.61. The van der Waals surface area contributed by atoms with Crippen LogP contribution in [-0.2, 0) is 4.74 Å². The van der Waals surface area contributed by atoms with Crippen molar-refractivity contribution in [2.45, 2.75) is 18.9 Å². The standard InChI is InChI=1S/C13H14ClNO2/c1-16-11-6-2-5-10(14)12(11)13-9(8-15)4-3-7-17-13/h2,5-6,9,13H,3-4,7H2,1H3. The second kappa shape index (κ2) is 5.39. The fraction of sp³-hybridized carbons (Fsp3) is 0.462. The van der Waals surface area contributed by atoms with E-state index in [0.717, 1.165) is 18.4 Å². The Morgan fingerprint density at radius 2 is 2.35 bits per heavy atom. The van der Waals surface area contributed by atoms with E-state index in [2.05, 4.69) is 6.07 Å². The molecule has 3 nitrogen and oxygen atoms in total. The van der Waals surface area contributed by atoms with Gasteiger partial charge in [0.15, 0.2) is 0 Å². The Labute approximate surface area is 106 Å². The Balaban J connectivity index is 2.41. The number of methoxy groups -OCH3 is 1. The molecule has 0 amide bonds. The molecule has 0 spiro atoms. The van der Waals surface area contributed by atoms with Crippen molar-refractivity contribution in [3.8, 4) is 11.8 Å². The van der Waals surface area contributed by atoms with Gasteiger partial charge in [-0.25, -0.2) is 0 Å². The van der Waals surface area contributed by atoms with Gasteiger partial charge in [0.1, 0.15) is 11.9 Å². The van der Waals surface area contributed by atoms with Crippen LogP contribution in [0.4, 0.5) is 0 Å². The maximum atomic E-state index is 9.16. The van der Waals surface area contributed by atoms with Crippen LogP contribution in [0.1, 0.15) is 24.5 Å². The van der Waals surface area contributed by atoms with Crippen molar-refractivity contribution in [3.05, 3.63) is 28.8 Å². The summed E-state index contributed by atoms with van der Waals surface area (Å²) in [5, 5.41) is 9.76. The van der Waals surface area contributed by atoms with Crippen LogP contribution in [0.3, 0.4) is 0 Å². The Kier molecular flexibility index (Phi) is 3.88. The van der Waals surface area contributed by atoms with Crippen LogP contribution < -0.4 is 4.74 Å². The molecular weight excluding hydrogens is 238 g/mol. The van der Waals surface area contributed by atoms with E-state index >= 15 is 0 Å². The van der Waals surface area contributed by atoms with Crippen molar-refractivity contribution in [1.82, 2.24) is 0 Å². The van der Waals surface area contributed by atoms with Crippen molar-refractivity contribution in [2.24, 2.45) is 5.92 Å². The molecular formula is C13H14ClNO2. The highest BCUT2D eigenvalue weighted by molar-refractivity contribution is 6.31. The number of rotatable bonds is 2. The normalized spacial score (nSPS) is 24.1. The monoisotopic (exact) mass is 251 g/mol. The lowest BCUT2D eigenvalue weighted by Gasteiger charge is -2.29. The van der Waals surface area contributed by atoms with E-state index in [1.165, 1.54) is 0 Å². The zero-order valence-electron chi connectivity index (χ0n) is 9.65. The Bertz CT molecular complexity index is 442. The van der Waals surface area contributed by atoms with Gasteiger partial charge in [0.2, 0.25) is 0 Å². The number of nitriles is 1. The number of benzene rings is 1. The van der Waals surface area contributed by atoms with E-state index in [9.17, 15) is 0 Å². The molecule has 17 heavy (non-hydrogen) atoms. The zero-order chi connectivity index (χ0) is 12.3. The summed E-state index contributed by atoms with van der Waals surface area (Å²) < 4.78 is 11.0. The largest absolute Gasteiger partial charge is 0.496 e. The van der Waals surface area contributed by atoms with Crippen molar-refractivity contribution >= 4 is 11.6 Å². The fourth-order valence-electron chi connectivity index (χ4n) is 2.17. The van der Waals surface area contributed by atoms with E-state index in [1.54, 1.807) is 13.2 Å². The highest BCUT2D eigenvalue weighted by atomic mass is 35.5. The summed E-state index contributed by atoms with van der Waals surface area (Å²) >= 11 is 6.19. The van der Waals surface area contributed by atoms with Crippen molar-refractivity contribution < 1.29 is 9.47 Å². The molecule has 0 radical (unpaired) electrons. The number of halogens is 1. The Morgan fingerprint density at radius 3 is 3.06 bits per heavy atom. The molecule has 0 saturated carbocycles. The van der Waals surface area contributed by atoms with Gasteiger partial charge in [-0.3, -0.25) is 0 Å². The van der Waals surface area contributed by atoms with E-state index in [1.807, 2.05) is 12.1 Å². The number of hydrogen-bond acceptors (Lipinski definition) is 3. The lowest BCUT2D eigenvalue weighted by molar-refractivity contribution is -0.0113. The summed E-state index contributed by atoms with van der Waals surface area (Å²) in [6.45, 7) is 0.664. The lowest BCUT2D eigenvalue weighted by atomic mass is 9.90. The van der Waals surface area contributed by atoms with Gasteiger partial charge >= 0.3 is 0 Å². The molecule has 0 N–H and O–H groups in total. The summed E-state index contributed by atoms with van der Waals surface area (Å²) in [7, 11) is 1.60. The second-order valence-electron chi connectivity index (χ2n) is 4.02. The summed E-state index contributed by atoms with van der Waals surface area (Å²) in [5.74, 6) is 0.530. The smallest absolute Gasteiger partial charge is 0.126 e. The van der Waals surface area contributed by atoms with Crippen LogP contribution in [0.5, 0.6) is 5.75 Å². The minimum atomic E-state index is -0.280. The molecule has 1 heterocycles. The van der Waals surface area contributed by atoms with Gasteiger partial charge in [-0.05, 0) is 25.0 Å². The van der Waals surface area contributed by atoms with Gasteiger partial charge in [0.25, 0.3) is 0 Å². The topological polar surface area (TPSA) is 42.2 Å². The molecule has 1 aromatic carbocycles. The van der Waals surface area contributed by atoms with Gasteiger partial charge in [0, 0.05) is 12.2 Å². The molecule has 2 atom stereocenters. The molecule has 2 rings (SSSR count). The predicted molar refractivity (Wildman–Crippen MR) is 65.0 cm³/mol. The first-order chi connectivity index (χ1) is 8.27. The summed E-state index contributed by atoms with van der Waals surface area (Å²) in [4.78, 5) is 0. The lowest BCUT2D eigenvalue weighted by Crippen LogP contribution is -2.22. The van der Waals surface area contributed by atoms with Crippen LogP contribution in [0.15, 0.2) is 18.2 Å². The van der Waals surface area contributed by atoms with Gasteiger partial charge in [-0.1, -0.05) is 17.7 Å². The van der Waals surface area contributed by atoms with Gasteiger partial charge in [0.05, 0.1) is 24.1 Å². The molecule has 1 fully saturated rings. The average Bonchev–Trinajstić information content (AvgIpc) is 2.38. The molecule has 0 bridgehead atoms. The maximum absolute atomic E-state index is 9.16. The van der Waals surface area contributed by atoms with Crippen LogP contribution in [0, 0.1) is 17.2 Å². The average molecular weight is 252 g/mol. The van der Waals surface area contributed by atoms with Gasteiger partial charge in [-0.2, -0.15) is 5.26 Å².